The quantitative estimate of drug-likeness (QED) is 0.854. The van der Waals surface area contributed by atoms with E-state index in [1.165, 1.54) is 31.0 Å². The van der Waals surface area contributed by atoms with Gasteiger partial charge >= 0.3 is 12.0 Å². The average Bonchev–Trinajstić information content (AvgIpc) is 2.31. The predicted octanol–water partition coefficient (Wildman–Crippen LogP) is 1.44. The van der Waals surface area contributed by atoms with Crippen LogP contribution < -0.4 is 5.32 Å². The summed E-state index contributed by atoms with van der Waals surface area (Å²) in [7, 11) is 1.53. The largest absolute Gasteiger partial charge is 0.480 e. The highest BCUT2D eigenvalue weighted by Crippen LogP contribution is 2.05. The lowest BCUT2D eigenvalue weighted by atomic mass is 10.2. The molecular formula is C12H15FN2O3. The molecule has 98 valence electrons. The molecule has 0 saturated carbocycles. The Balaban J connectivity index is 2.54. The minimum absolute atomic E-state index is 0.276. The summed E-state index contributed by atoms with van der Waals surface area (Å²) in [6.45, 7) is 1.66. The number of halogens is 1. The van der Waals surface area contributed by atoms with Crippen LogP contribution in [0.2, 0.25) is 0 Å². The molecule has 0 unspecified atom stereocenters. The maximum absolute atomic E-state index is 12.7. The van der Waals surface area contributed by atoms with E-state index in [0.717, 1.165) is 5.56 Å². The molecular weight excluding hydrogens is 239 g/mol. The molecule has 0 aromatic heterocycles. The zero-order valence-corrected chi connectivity index (χ0v) is 10.2. The van der Waals surface area contributed by atoms with Gasteiger partial charge in [-0.3, -0.25) is 4.79 Å². The summed E-state index contributed by atoms with van der Waals surface area (Å²) in [5.74, 6) is -1.44. The molecule has 6 heteroatoms. The fraction of sp³-hybridized carbons (Fsp3) is 0.333. The van der Waals surface area contributed by atoms with Crippen molar-refractivity contribution in [2.24, 2.45) is 0 Å². The van der Waals surface area contributed by atoms with Gasteiger partial charge in [-0.2, -0.15) is 0 Å². The van der Waals surface area contributed by atoms with Crippen LogP contribution in [0.4, 0.5) is 9.18 Å². The van der Waals surface area contributed by atoms with E-state index in [0.29, 0.717) is 0 Å². The number of carbonyl (C=O) groups is 2. The Labute approximate surface area is 104 Å². The number of amides is 2. The van der Waals surface area contributed by atoms with Crippen LogP contribution in [0, 0.1) is 5.82 Å². The van der Waals surface area contributed by atoms with E-state index < -0.39 is 18.0 Å². The second kappa shape index (κ2) is 6.00. The van der Waals surface area contributed by atoms with Gasteiger partial charge in [0.2, 0.25) is 0 Å². The van der Waals surface area contributed by atoms with Crippen molar-refractivity contribution in [3.05, 3.63) is 35.6 Å². The van der Waals surface area contributed by atoms with E-state index in [4.69, 9.17) is 5.11 Å². The average molecular weight is 254 g/mol. The van der Waals surface area contributed by atoms with Gasteiger partial charge in [-0.15, -0.1) is 0 Å². The highest BCUT2D eigenvalue weighted by Gasteiger charge is 2.16. The van der Waals surface area contributed by atoms with E-state index in [9.17, 15) is 14.0 Å². The van der Waals surface area contributed by atoms with E-state index in [-0.39, 0.29) is 12.4 Å². The number of rotatable bonds is 4. The monoisotopic (exact) mass is 254 g/mol. The van der Waals surface area contributed by atoms with Crippen LogP contribution in [0.25, 0.3) is 0 Å². The summed E-state index contributed by atoms with van der Waals surface area (Å²) < 4.78 is 12.7. The topological polar surface area (TPSA) is 69.6 Å². The third-order valence-electron chi connectivity index (χ3n) is 2.39. The normalized spacial score (nSPS) is 11.7. The molecule has 1 rings (SSSR count). The lowest BCUT2D eigenvalue weighted by Crippen LogP contribution is -2.44. The molecule has 0 aliphatic rings. The van der Waals surface area contributed by atoms with Crippen LogP contribution in [-0.4, -0.2) is 35.1 Å². The molecule has 1 aromatic rings. The third-order valence-corrected chi connectivity index (χ3v) is 2.39. The Hall–Kier alpha value is -2.11. The van der Waals surface area contributed by atoms with Gasteiger partial charge in [0.25, 0.3) is 0 Å². The van der Waals surface area contributed by atoms with Crippen molar-refractivity contribution in [1.82, 2.24) is 10.2 Å². The third kappa shape index (κ3) is 4.04. The van der Waals surface area contributed by atoms with Crippen LogP contribution >= 0.6 is 0 Å². The fourth-order valence-electron chi connectivity index (χ4n) is 1.29. The van der Waals surface area contributed by atoms with E-state index >= 15 is 0 Å². The van der Waals surface area contributed by atoms with Crippen LogP contribution in [0.3, 0.4) is 0 Å². The molecule has 18 heavy (non-hydrogen) atoms. The smallest absolute Gasteiger partial charge is 0.325 e. The number of hydrogen-bond acceptors (Lipinski definition) is 2. The molecule has 0 spiro atoms. The Morgan fingerprint density at radius 3 is 2.44 bits per heavy atom. The maximum atomic E-state index is 12.7. The van der Waals surface area contributed by atoms with E-state index in [1.54, 1.807) is 12.1 Å². The molecule has 0 aliphatic carbocycles. The van der Waals surface area contributed by atoms with Gasteiger partial charge in [0, 0.05) is 13.6 Å². The zero-order valence-electron chi connectivity index (χ0n) is 10.2. The van der Waals surface area contributed by atoms with Crippen LogP contribution in [0.1, 0.15) is 12.5 Å². The first kappa shape index (κ1) is 14.0. The van der Waals surface area contributed by atoms with Gasteiger partial charge in [-0.25, -0.2) is 9.18 Å². The van der Waals surface area contributed by atoms with Crippen molar-refractivity contribution in [1.29, 1.82) is 0 Å². The Bertz CT molecular complexity index is 433. The van der Waals surface area contributed by atoms with Crippen molar-refractivity contribution < 1.29 is 19.1 Å². The molecule has 0 heterocycles. The number of carbonyl (C=O) groups excluding carboxylic acids is 1. The van der Waals surface area contributed by atoms with Crippen molar-refractivity contribution in [3.63, 3.8) is 0 Å². The Morgan fingerprint density at radius 1 is 1.39 bits per heavy atom. The summed E-state index contributed by atoms with van der Waals surface area (Å²) in [5.41, 5.74) is 0.761. The van der Waals surface area contributed by atoms with Crippen LogP contribution in [0.5, 0.6) is 0 Å². The minimum Gasteiger partial charge on any atom is -0.480 e. The summed E-state index contributed by atoms with van der Waals surface area (Å²) in [5, 5.41) is 11.0. The van der Waals surface area contributed by atoms with Gasteiger partial charge in [-0.1, -0.05) is 12.1 Å². The number of nitrogens with zero attached hydrogens (tertiary/aromatic N) is 1. The molecule has 0 aliphatic heterocycles. The number of urea groups is 1. The first-order valence-corrected chi connectivity index (χ1v) is 5.39. The number of nitrogens with one attached hydrogen (secondary N) is 1. The lowest BCUT2D eigenvalue weighted by Gasteiger charge is -2.19. The van der Waals surface area contributed by atoms with Crippen molar-refractivity contribution in [3.8, 4) is 0 Å². The molecule has 5 nitrogen and oxygen atoms in total. The molecule has 0 saturated heterocycles. The Morgan fingerprint density at radius 2 is 1.94 bits per heavy atom. The summed E-state index contributed by atoms with van der Waals surface area (Å²) in [6.07, 6.45) is 0. The van der Waals surface area contributed by atoms with Crippen molar-refractivity contribution in [2.75, 3.05) is 7.05 Å². The van der Waals surface area contributed by atoms with Gasteiger partial charge in [0.15, 0.2) is 0 Å². The number of aliphatic carboxylic acids is 1. The second-order valence-corrected chi connectivity index (χ2v) is 3.99. The fourth-order valence-corrected chi connectivity index (χ4v) is 1.29. The number of carboxylic acids is 1. The predicted molar refractivity (Wildman–Crippen MR) is 63.5 cm³/mol. The molecule has 0 fully saturated rings. The summed E-state index contributed by atoms with van der Waals surface area (Å²) >= 11 is 0. The Kier molecular flexibility index (Phi) is 4.65. The maximum Gasteiger partial charge on any atom is 0.325 e. The molecule has 1 atom stereocenters. The standard InChI is InChI=1S/C12H15FN2O3/c1-8(11(16)17)14-12(18)15(2)7-9-3-5-10(13)6-4-9/h3-6,8H,7H2,1-2H3,(H,14,18)(H,16,17)/t8-/m1/s1. The number of benzene rings is 1. The lowest BCUT2D eigenvalue weighted by molar-refractivity contribution is -0.138. The summed E-state index contributed by atoms with van der Waals surface area (Å²) in [6, 6.07) is 4.31. The molecule has 0 radical (unpaired) electrons. The zero-order chi connectivity index (χ0) is 13.7. The summed E-state index contributed by atoms with van der Waals surface area (Å²) in [4.78, 5) is 23.5. The van der Waals surface area contributed by atoms with Crippen molar-refractivity contribution in [2.45, 2.75) is 19.5 Å². The van der Waals surface area contributed by atoms with Crippen molar-refractivity contribution >= 4 is 12.0 Å². The first-order chi connectivity index (χ1) is 8.40. The van der Waals surface area contributed by atoms with E-state index in [1.807, 2.05) is 0 Å². The highest BCUT2D eigenvalue weighted by molar-refractivity contribution is 5.82. The minimum atomic E-state index is -1.10. The van der Waals surface area contributed by atoms with Gasteiger partial charge < -0.3 is 15.3 Å². The number of hydrogen-bond donors (Lipinski definition) is 2. The van der Waals surface area contributed by atoms with Crippen LogP contribution in [-0.2, 0) is 11.3 Å². The molecule has 0 bridgehead atoms. The second-order valence-electron chi connectivity index (χ2n) is 3.99. The van der Waals surface area contributed by atoms with Gasteiger partial charge in [-0.05, 0) is 24.6 Å². The van der Waals surface area contributed by atoms with Crippen LogP contribution in [0.15, 0.2) is 24.3 Å². The number of carboxylic acid groups (broad SMARTS) is 1. The van der Waals surface area contributed by atoms with Gasteiger partial charge in [0.1, 0.15) is 11.9 Å². The molecule has 2 amide bonds. The SMILES string of the molecule is C[C@@H](NC(=O)N(C)Cc1ccc(F)cc1)C(=O)O. The molecule has 2 N–H and O–H groups in total. The first-order valence-electron chi connectivity index (χ1n) is 5.39. The molecule has 1 aromatic carbocycles. The van der Waals surface area contributed by atoms with E-state index in [2.05, 4.69) is 5.32 Å². The van der Waals surface area contributed by atoms with Gasteiger partial charge in [0.05, 0.1) is 0 Å². The highest BCUT2D eigenvalue weighted by atomic mass is 19.1.